The first kappa shape index (κ1) is 13.3. The second-order valence-corrected chi connectivity index (χ2v) is 5.36. The van der Waals surface area contributed by atoms with Gasteiger partial charge in [-0.15, -0.1) is 0 Å². The van der Waals surface area contributed by atoms with E-state index in [-0.39, 0.29) is 6.04 Å². The average molecular weight is 276 g/mol. The number of aromatic nitrogens is 1. The first-order valence-corrected chi connectivity index (χ1v) is 7.18. The summed E-state index contributed by atoms with van der Waals surface area (Å²) in [4.78, 5) is 12.5. The van der Waals surface area contributed by atoms with Gasteiger partial charge in [0.25, 0.3) is 0 Å². The van der Waals surface area contributed by atoms with Crippen LogP contribution in [-0.4, -0.2) is 43.0 Å². The van der Waals surface area contributed by atoms with Crippen LogP contribution < -0.4 is 10.2 Å². The van der Waals surface area contributed by atoms with Crippen molar-refractivity contribution in [1.82, 2.24) is 10.4 Å². The number of likely N-dealkylation sites (tertiary alicyclic amines) is 1. The van der Waals surface area contributed by atoms with Crippen LogP contribution in [0.3, 0.4) is 0 Å². The number of hydrogen-bond donors (Lipinski definition) is 1. The molecule has 2 aliphatic rings. The number of hydrogen-bond acceptors (Lipinski definition) is 5. The minimum absolute atomic E-state index is 0.129. The normalized spacial score (nSPS) is 24.0. The lowest BCUT2D eigenvalue weighted by Crippen LogP contribution is -2.43. The Hall–Kier alpha value is -1.66. The molecule has 3 heterocycles. The Kier molecular flexibility index (Phi) is 4.13. The smallest absolute Gasteiger partial charge is 0.191 e. The van der Waals surface area contributed by atoms with Crippen molar-refractivity contribution >= 4 is 5.84 Å². The number of nitrogens with zero attached hydrogens (tertiary/aromatic N) is 3. The number of hydroxylamine groups is 1. The van der Waals surface area contributed by atoms with Gasteiger partial charge in [-0.3, -0.25) is 9.83 Å². The van der Waals surface area contributed by atoms with E-state index in [9.17, 15) is 5.21 Å². The number of piperidine rings is 1. The largest absolute Gasteiger partial charge is 0.619 e. The van der Waals surface area contributed by atoms with Gasteiger partial charge >= 0.3 is 0 Å². The summed E-state index contributed by atoms with van der Waals surface area (Å²) in [6.45, 7) is 3.81. The average Bonchev–Trinajstić information content (AvgIpc) is 2.49. The fourth-order valence-electron chi connectivity index (χ4n) is 2.71. The lowest BCUT2D eigenvalue weighted by atomic mass is 10.1. The Bertz CT molecular complexity index is 486. The molecule has 1 saturated heterocycles. The molecule has 6 heteroatoms. The monoisotopic (exact) mass is 276 g/mol. The maximum absolute atomic E-state index is 11.3. The molecule has 108 valence electrons. The molecule has 1 fully saturated rings. The fourth-order valence-corrected chi connectivity index (χ4v) is 2.71. The Labute approximate surface area is 118 Å². The number of nitrogens with one attached hydrogen (secondary N) is 1. The van der Waals surface area contributed by atoms with E-state index in [0.717, 1.165) is 29.9 Å². The van der Waals surface area contributed by atoms with Crippen LogP contribution in [0.25, 0.3) is 0 Å². The molecule has 0 amide bonds. The first-order chi connectivity index (χ1) is 9.81. The predicted molar refractivity (Wildman–Crippen MR) is 75.1 cm³/mol. The molecule has 6 nitrogen and oxygen atoms in total. The van der Waals surface area contributed by atoms with Gasteiger partial charge in [-0.1, -0.05) is 6.42 Å². The van der Waals surface area contributed by atoms with Crippen molar-refractivity contribution in [2.24, 2.45) is 4.99 Å². The van der Waals surface area contributed by atoms with E-state index in [1.165, 1.54) is 31.7 Å². The van der Waals surface area contributed by atoms with Gasteiger partial charge in [-0.25, -0.2) is 5.48 Å². The second kappa shape index (κ2) is 6.19. The lowest BCUT2D eigenvalue weighted by molar-refractivity contribution is -0.605. The topological polar surface area (TPSA) is 63.8 Å². The third-order valence-corrected chi connectivity index (χ3v) is 3.72. The third-order valence-electron chi connectivity index (χ3n) is 3.72. The zero-order chi connectivity index (χ0) is 13.8. The van der Waals surface area contributed by atoms with Crippen LogP contribution in [0.15, 0.2) is 29.5 Å². The Morgan fingerprint density at radius 3 is 3.05 bits per heavy atom. The molecule has 1 aromatic rings. The van der Waals surface area contributed by atoms with Crippen LogP contribution in [-0.2, 0) is 4.84 Å². The summed E-state index contributed by atoms with van der Waals surface area (Å²) in [7, 11) is 0. The highest BCUT2D eigenvalue weighted by molar-refractivity contribution is 5.97. The van der Waals surface area contributed by atoms with Gasteiger partial charge in [0, 0.05) is 12.6 Å². The molecule has 0 aliphatic carbocycles. The summed E-state index contributed by atoms with van der Waals surface area (Å²) < 4.78 is 0.772. The highest BCUT2D eigenvalue weighted by atomic mass is 16.6. The van der Waals surface area contributed by atoms with E-state index in [0.29, 0.717) is 12.4 Å². The van der Waals surface area contributed by atoms with Crippen molar-refractivity contribution in [2.75, 3.05) is 26.2 Å². The molecule has 0 unspecified atom stereocenters. The molecular weight excluding hydrogens is 256 g/mol. The van der Waals surface area contributed by atoms with E-state index in [1.807, 2.05) is 6.07 Å². The molecule has 0 radical (unpaired) electrons. The summed E-state index contributed by atoms with van der Waals surface area (Å²) >= 11 is 0. The SMILES string of the molecule is [O-][n+]1cccc(C2=N[C@H](CN3CCCCC3)CON2)c1. The molecule has 3 rings (SSSR count). The van der Waals surface area contributed by atoms with Crippen molar-refractivity contribution in [3.63, 3.8) is 0 Å². The van der Waals surface area contributed by atoms with Crippen molar-refractivity contribution in [3.05, 3.63) is 35.3 Å². The fraction of sp³-hybridized carbons (Fsp3) is 0.571. The standard InChI is InChI=1S/C14H20N4O2/c19-18-8-4-5-12(9-18)14-15-13(11-20-16-14)10-17-6-2-1-3-7-17/h4-5,8-9,13H,1-3,6-7,10-11H2,(H,15,16)/t13-/m1/s1. The van der Waals surface area contributed by atoms with Crippen molar-refractivity contribution < 1.29 is 9.57 Å². The quantitative estimate of drug-likeness (QED) is 0.643. The summed E-state index contributed by atoms with van der Waals surface area (Å²) in [5.74, 6) is 0.642. The van der Waals surface area contributed by atoms with Crippen LogP contribution in [0.4, 0.5) is 0 Å². The zero-order valence-electron chi connectivity index (χ0n) is 11.5. The maximum Gasteiger partial charge on any atom is 0.191 e. The van der Waals surface area contributed by atoms with Gasteiger partial charge < -0.3 is 10.1 Å². The van der Waals surface area contributed by atoms with E-state index < -0.39 is 0 Å². The highest BCUT2D eigenvalue weighted by Crippen LogP contribution is 2.12. The molecule has 0 bridgehead atoms. The van der Waals surface area contributed by atoms with Crippen LogP contribution >= 0.6 is 0 Å². The van der Waals surface area contributed by atoms with Crippen LogP contribution in [0.1, 0.15) is 24.8 Å². The molecule has 20 heavy (non-hydrogen) atoms. The van der Waals surface area contributed by atoms with Gasteiger partial charge in [0.15, 0.2) is 18.2 Å². The minimum atomic E-state index is 0.129. The molecular formula is C14H20N4O2. The molecule has 0 aromatic carbocycles. The number of pyridine rings is 1. The molecule has 0 saturated carbocycles. The molecule has 2 aliphatic heterocycles. The summed E-state index contributed by atoms with van der Waals surface area (Å²) in [5.41, 5.74) is 3.56. The van der Waals surface area contributed by atoms with Gasteiger partial charge in [-0.05, 0) is 32.0 Å². The van der Waals surface area contributed by atoms with Crippen molar-refractivity contribution in [1.29, 1.82) is 0 Å². The zero-order valence-corrected chi connectivity index (χ0v) is 11.5. The van der Waals surface area contributed by atoms with Crippen LogP contribution in [0, 0.1) is 5.21 Å². The molecule has 0 spiro atoms. The predicted octanol–water partition coefficient (Wildman–Crippen LogP) is 0.456. The molecule has 1 atom stereocenters. The van der Waals surface area contributed by atoms with Crippen molar-refractivity contribution in [3.8, 4) is 0 Å². The highest BCUT2D eigenvalue weighted by Gasteiger charge is 2.21. The molecule has 1 N–H and O–H groups in total. The minimum Gasteiger partial charge on any atom is -0.619 e. The van der Waals surface area contributed by atoms with E-state index in [1.54, 1.807) is 6.07 Å². The maximum atomic E-state index is 11.3. The summed E-state index contributed by atoms with van der Waals surface area (Å²) in [6.07, 6.45) is 6.84. The van der Waals surface area contributed by atoms with E-state index >= 15 is 0 Å². The lowest BCUT2D eigenvalue weighted by Gasteiger charge is -2.30. The van der Waals surface area contributed by atoms with Gasteiger partial charge in [-0.2, -0.15) is 4.73 Å². The summed E-state index contributed by atoms with van der Waals surface area (Å²) in [5, 5.41) is 11.3. The van der Waals surface area contributed by atoms with E-state index in [4.69, 9.17) is 4.84 Å². The van der Waals surface area contributed by atoms with Gasteiger partial charge in [0.2, 0.25) is 0 Å². The first-order valence-electron chi connectivity index (χ1n) is 7.18. The van der Waals surface area contributed by atoms with Crippen molar-refractivity contribution in [2.45, 2.75) is 25.3 Å². The number of amidine groups is 1. The number of aliphatic imine (C=N–C) groups is 1. The number of rotatable bonds is 3. The van der Waals surface area contributed by atoms with E-state index in [2.05, 4.69) is 15.4 Å². The van der Waals surface area contributed by atoms with Crippen LogP contribution in [0.2, 0.25) is 0 Å². The Balaban J connectivity index is 1.68. The third kappa shape index (κ3) is 3.26. The van der Waals surface area contributed by atoms with Gasteiger partial charge in [0.05, 0.1) is 18.2 Å². The Morgan fingerprint density at radius 2 is 2.25 bits per heavy atom. The Morgan fingerprint density at radius 1 is 1.40 bits per heavy atom. The van der Waals surface area contributed by atoms with Gasteiger partial charge in [0.1, 0.15) is 0 Å². The summed E-state index contributed by atoms with van der Waals surface area (Å²) in [6, 6.07) is 3.69. The molecule has 1 aromatic heterocycles. The van der Waals surface area contributed by atoms with Crippen LogP contribution in [0.5, 0.6) is 0 Å². The second-order valence-electron chi connectivity index (χ2n) is 5.36.